The first-order chi connectivity index (χ1) is 15.2. The fourth-order valence-corrected chi connectivity index (χ4v) is 5.09. The number of thioether (sulfide) groups is 1. The molecule has 7 nitrogen and oxygen atoms in total. The standard InChI is InChI=1S/C22H22ClN3O4S2/c1-3-14-5-9-16(10-6-14)25-20(27)18(4-2)31-22-24-13-19(21(28)26-22)32(29,30)17-11-7-15(23)8-12-17/h5-13,18H,3-4H2,1-2H3,(H,25,27)(H,24,26,28). The minimum atomic E-state index is -4.05. The van der Waals surface area contributed by atoms with Gasteiger partial charge in [-0.05, 0) is 54.8 Å². The van der Waals surface area contributed by atoms with Crippen LogP contribution in [0.1, 0.15) is 25.8 Å². The van der Waals surface area contributed by atoms with Crippen molar-refractivity contribution in [2.75, 3.05) is 5.32 Å². The first kappa shape index (κ1) is 24.0. The normalized spacial score (nSPS) is 12.3. The quantitative estimate of drug-likeness (QED) is 0.358. The summed E-state index contributed by atoms with van der Waals surface area (Å²) >= 11 is 6.87. The van der Waals surface area contributed by atoms with Crippen molar-refractivity contribution in [1.82, 2.24) is 9.97 Å². The van der Waals surface area contributed by atoms with Crippen LogP contribution in [0.5, 0.6) is 0 Å². The van der Waals surface area contributed by atoms with Gasteiger partial charge in [-0.2, -0.15) is 0 Å². The zero-order valence-electron chi connectivity index (χ0n) is 17.5. The number of aryl methyl sites for hydroxylation is 1. The average molecular weight is 492 g/mol. The number of sulfone groups is 1. The van der Waals surface area contributed by atoms with Crippen LogP contribution in [0, 0.1) is 0 Å². The lowest BCUT2D eigenvalue weighted by Gasteiger charge is -2.14. The van der Waals surface area contributed by atoms with Gasteiger partial charge in [0, 0.05) is 10.7 Å². The van der Waals surface area contributed by atoms with Crippen molar-refractivity contribution in [3.8, 4) is 0 Å². The Balaban J connectivity index is 1.76. The van der Waals surface area contributed by atoms with E-state index in [1.165, 1.54) is 29.8 Å². The Morgan fingerprint density at radius 1 is 1.12 bits per heavy atom. The summed E-state index contributed by atoms with van der Waals surface area (Å²) in [6.07, 6.45) is 2.40. The molecule has 168 valence electrons. The first-order valence-corrected chi connectivity index (χ1v) is 12.6. The van der Waals surface area contributed by atoms with E-state index in [4.69, 9.17) is 11.6 Å². The number of hydrogen-bond donors (Lipinski definition) is 2. The van der Waals surface area contributed by atoms with Crippen LogP contribution in [-0.2, 0) is 21.1 Å². The molecule has 3 rings (SSSR count). The Bertz CT molecular complexity index is 1260. The highest BCUT2D eigenvalue weighted by molar-refractivity contribution is 8.00. The van der Waals surface area contributed by atoms with Crippen LogP contribution in [-0.4, -0.2) is 29.5 Å². The number of anilines is 1. The third kappa shape index (κ3) is 5.59. The third-order valence-corrected chi connectivity index (χ3v) is 7.98. The van der Waals surface area contributed by atoms with Gasteiger partial charge < -0.3 is 10.3 Å². The number of carbonyl (C=O) groups is 1. The third-order valence-electron chi connectivity index (χ3n) is 4.70. The summed E-state index contributed by atoms with van der Waals surface area (Å²) in [4.78, 5) is 31.2. The fraction of sp³-hybridized carbons (Fsp3) is 0.227. The molecule has 0 fully saturated rings. The van der Waals surface area contributed by atoms with Crippen molar-refractivity contribution in [3.63, 3.8) is 0 Å². The molecule has 2 N–H and O–H groups in total. The SMILES string of the molecule is CCc1ccc(NC(=O)C(CC)Sc2ncc(S(=O)(=O)c3ccc(Cl)cc3)c(=O)[nH]2)cc1. The van der Waals surface area contributed by atoms with Crippen LogP contribution in [0.4, 0.5) is 5.69 Å². The molecule has 0 bridgehead atoms. The summed E-state index contributed by atoms with van der Waals surface area (Å²) < 4.78 is 25.5. The van der Waals surface area contributed by atoms with Crippen molar-refractivity contribution in [3.05, 3.63) is 75.7 Å². The topological polar surface area (TPSA) is 109 Å². The van der Waals surface area contributed by atoms with Crippen molar-refractivity contribution >= 4 is 44.8 Å². The lowest BCUT2D eigenvalue weighted by Crippen LogP contribution is -2.26. The van der Waals surface area contributed by atoms with Crippen LogP contribution < -0.4 is 10.9 Å². The average Bonchev–Trinajstić information content (AvgIpc) is 2.78. The fourth-order valence-electron chi connectivity index (χ4n) is 2.86. The maximum atomic E-state index is 12.7. The van der Waals surface area contributed by atoms with E-state index in [1.54, 1.807) is 0 Å². The smallest absolute Gasteiger partial charge is 0.270 e. The molecule has 2 aromatic carbocycles. The summed E-state index contributed by atoms with van der Waals surface area (Å²) in [5, 5.41) is 2.87. The number of halogens is 1. The van der Waals surface area contributed by atoms with Crippen molar-refractivity contribution < 1.29 is 13.2 Å². The number of aromatic amines is 1. The molecule has 32 heavy (non-hydrogen) atoms. The maximum Gasteiger partial charge on any atom is 0.270 e. The minimum Gasteiger partial charge on any atom is -0.325 e. The molecule has 0 radical (unpaired) electrons. The van der Waals surface area contributed by atoms with Crippen LogP contribution in [0.15, 0.2) is 74.5 Å². The first-order valence-electron chi connectivity index (χ1n) is 9.91. The number of aromatic nitrogens is 2. The van der Waals surface area contributed by atoms with Crippen molar-refractivity contribution in [2.45, 2.75) is 46.9 Å². The zero-order valence-corrected chi connectivity index (χ0v) is 19.9. The largest absolute Gasteiger partial charge is 0.325 e. The van der Waals surface area contributed by atoms with Crippen LogP contribution >= 0.6 is 23.4 Å². The van der Waals surface area contributed by atoms with Gasteiger partial charge in [0.05, 0.1) is 16.3 Å². The number of nitrogens with zero attached hydrogens (tertiary/aromatic N) is 1. The number of carbonyl (C=O) groups excluding carboxylic acids is 1. The van der Waals surface area contributed by atoms with E-state index in [1.807, 2.05) is 31.2 Å². The summed E-state index contributed by atoms with van der Waals surface area (Å²) in [6, 6.07) is 13.1. The van der Waals surface area contributed by atoms with E-state index >= 15 is 0 Å². The summed E-state index contributed by atoms with van der Waals surface area (Å²) in [7, 11) is -4.05. The maximum absolute atomic E-state index is 12.7. The molecule has 0 spiro atoms. The van der Waals surface area contributed by atoms with Gasteiger partial charge in [0.25, 0.3) is 5.56 Å². The van der Waals surface area contributed by atoms with Crippen LogP contribution in [0.2, 0.25) is 5.02 Å². The molecule has 1 heterocycles. The highest BCUT2D eigenvalue weighted by Gasteiger charge is 2.24. The van der Waals surface area contributed by atoms with E-state index in [0.29, 0.717) is 17.1 Å². The van der Waals surface area contributed by atoms with Crippen LogP contribution in [0.3, 0.4) is 0 Å². The Morgan fingerprint density at radius 2 is 1.78 bits per heavy atom. The molecule has 0 saturated carbocycles. The van der Waals surface area contributed by atoms with Gasteiger partial charge in [0.15, 0.2) is 10.1 Å². The second kappa shape index (κ2) is 10.3. The molecule has 0 aliphatic carbocycles. The molecule has 0 aliphatic heterocycles. The van der Waals surface area contributed by atoms with E-state index < -0.39 is 25.5 Å². The van der Waals surface area contributed by atoms with E-state index in [-0.39, 0.29) is 16.0 Å². The Hall–Kier alpha value is -2.62. The number of rotatable bonds is 8. The van der Waals surface area contributed by atoms with Crippen LogP contribution in [0.25, 0.3) is 0 Å². The molecule has 1 unspecified atom stereocenters. The molecule has 0 aliphatic rings. The second-order valence-electron chi connectivity index (χ2n) is 6.89. The van der Waals surface area contributed by atoms with Crippen molar-refractivity contribution in [2.24, 2.45) is 0 Å². The summed E-state index contributed by atoms with van der Waals surface area (Å²) in [5.74, 6) is -0.234. The van der Waals surface area contributed by atoms with E-state index in [2.05, 4.69) is 22.2 Å². The van der Waals surface area contributed by atoms with Gasteiger partial charge in [-0.3, -0.25) is 9.59 Å². The predicted molar refractivity (Wildman–Crippen MR) is 126 cm³/mol. The molecule has 1 atom stereocenters. The molecule has 1 amide bonds. The molecule has 1 aromatic heterocycles. The van der Waals surface area contributed by atoms with Gasteiger partial charge >= 0.3 is 0 Å². The van der Waals surface area contributed by atoms with Gasteiger partial charge in [-0.15, -0.1) is 0 Å². The highest BCUT2D eigenvalue weighted by Crippen LogP contribution is 2.24. The molecular weight excluding hydrogens is 470 g/mol. The second-order valence-corrected chi connectivity index (χ2v) is 10.4. The number of benzene rings is 2. The van der Waals surface area contributed by atoms with Crippen molar-refractivity contribution in [1.29, 1.82) is 0 Å². The Morgan fingerprint density at radius 3 is 2.34 bits per heavy atom. The lowest BCUT2D eigenvalue weighted by molar-refractivity contribution is -0.115. The van der Waals surface area contributed by atoms with E-state index in [0.717, 1.165) is 24.4 Å². The Labute approximate surface area is 195 Å². The predicted octanol–water partition coefficient (Wildman–Crippen LogP) is 4.33. The summed E-state index contributed by atoms with van der Waals surface area (Å²) in [5.41, 5.74) is 1.04. The zero-order chi connectivity index (χ0) is 23.3. The highest BCUT2D eigenvalue weighted by atomic mass is 35.5. The van der Waals surface area contributed by atoms with Gasteiger partial charge in [-0.1, -0.05) is 49.3 Å². The van der Waals surface area contributed by atoms with Gasteiger partial charge in [-0.25, -0.2) is 13.4 Å². The number of H-pyrrole nitrogens is 1. The summed E-state index contributed by atoms with van der Waals surface area (Å²) in [6.45, 7) is 3.89. The number of hydrogen-bond acceptors (Lipinski definition) is 6. The van der Waals surface area contributed by atoms with Gasteiger partial charge in [0.2, 0.25) is 15.7 Å². The Kier molecular flexibility index (Phi) is 7.76. The molecule has 0 saturated heterocycles. The van der Waals surface area contributed by atoms with Gasteiger partial charge in [0.1, 0.15) is 0 Å². The molecular formula is C22H22ClN3O4S2. The van der Waals surface area contributed by atoms with E-state index in [9.17, 15) is 18.0 Å². The molecule has 3 aromatic rings. The number of nitrogens with one attached hydrogen (secondary N) is 2. The molecule has 10 heteroatoms. The number of amides is 1. The lowest BCUT2D eigenvalue weighted by atomic mass is 10.1. The monoisotopic (exact) mass is 491 g/mol. The minimum absolute atomic E-state index is 0.0606.